The first-order chi connectivity index (χ1) is 13.5. The molecule has 3 heterocycles. The van der Waals surface area contributed by atoms with Crippen LogP contribution >= 0.6 is 0 Å². The van der Waals surface area contributed by atoms with Crippen LogP contribution in [0.2, 0.25) is 0 Å². The lowest BCUT2D eigenvalue weighted by Gasteiger charge is -2.48. The molecule has 0 aliphatic carbocycles. The van der Waals surface area contributed by atoms with Crippen molar-refractivity contribution in [2.75, 3.05) is 39.9 Å². The monoisotopic (exact) mass is 383 g/mol. The van der Waals surface area contributed by atoms with E-state index in [9.17, 15) is 9.59 Å². The predicted octanol–water partition coefficient (Wildman–Crippen LogP) is 2.67. The minimum absolute atomic E-state index is 0.0140. The molecule has 0 bridgehead atoms. The number of para-hydroxylation sites is 1. The topological polar surface area (TPSA) is 54.8 Å². The summed E-state index contributed by atoms with van der Waals surface area (Å²) in [5, 5.41) is 1.01. The Labute approximate surface area is 166 Å². The molecule has 0 saturated carbocycles. The van der Waals surface area contributed by atoms with E-state index in [-0.39, 0.29) is 17.2 Å². The van der Waals surface area contributed by atoms with Crippen molar-refractivity contribution in [2.45, 2.75) is 25.7 Å². The fourth-order valence-electron chi connectivity index (χ4n) is 4.90. The Hall–Kier alpha value is -2.34. The molecule has 1 atom stereocenters. The van der Waals surface area contributed by atoms with Gasteiger partial charge in [0.15, 0.2) is 0 Å². The van der Waals surface area contributed by atoms with Crippen molar-refractivity contribution in [3.63, 3.8) is 0 Å². The molecule has 6 heteroatoms. The third kappa shape index (κ3) is 3.41. The zero-order valence-electron chi connectivity index (χ0n) is 16.8. The maximum Gasteiger partial charge on any atom is 0.256 e. The number of hydrogen-bond donors (Lipinski definition) is 0. The second kappa shape index (κ2) is 7.59. The number of aromatic nitrogens is 1. The molecular weight excluding hydrogens is 354 g/mol. The van der Waals surface area contributed by atoms with Crippen molar-refractivity contribution in [2.24, 2.45) is 12.5 Å². The number of hydrogen-bond acceptors (Lipinski definition) is 3. The lowest BCUT2D eigenvalue weighted by Crippen LogP contribution is -2.55. The lowest BCUT2D eigenvalue weighted by molar-refractivity contribution is -0.139. The van der Waals surface area contributed by atoms with Gasteiger partial charge in [0, 0.05) is 69.3 Å². The van der Waals surface area contributed by atoms with Crippen molar-refractivity contribution in [1.82, 2.24) is 14.4 Å². The summed E-state index contributed by atoms with van der Waals surface area (Å²) in [6.45, 7) is 3.44. The Kier molecular flexibility index (Phi) is 5.15. The average Bonchev–Trinajstić information content (AvgIpc) is 3.05. The molecule has 1 spiro atoms. The van der Waals surface area contributed by atoms with Crippen LogP contribution in [0.1, 0.15) is 36.0 Å². The highest BCUT2D eigenvalue weighted by molar-refractivity contribution is 6.07. The number of benzene rings is 1. The molecule has 28 heavy (non-hydrogen) atoms. The first-order valence-electron chi connectivity index (χ1n) is 10.1. The van der Waals surface area contributed by atoms with Crippen LogP contribution in [0.3, 0.4) is 0 Å². The Balaban J connectivity index is 1.55. The van der Waals surface area contributed by atoms with E-state index in [0.29, 0.717) is 19.6 Å². The van der Waals surface area contributed by atoms with E-state index < -0.39 is 0 Å². The maximum absolute atomic E-state index is 13.4. The quantitative estimate of drug-likeness (QED) is 0.816. The van der Waals surface area contributed by atoms with Crippen LogP contribution < -0.4 is 0 Å². The second-order valence-corrected chi connectivity index (χ2v) is 8.31. The van der Waals surface area contributed by atoms with E-state index in [0.717, 1.165) is 55.4 Å². The third-order valence-corrected chi connectivity index (χ3v) is 6.39. The van der Waals surface area contributed by atoms with Gasteiger partial charge in [0.05, 0.1) is 12.2 Å². The number of nitrogens with zero attached hydrogens (tertiary/aromatic N) is 3. The van der Waals surface area contributed by atoms with E-state index in [1.165, 1.54) is 0 Å². The van der Waals surface area contributed by atoms with Crippen molar-refractivity contribution in [3.8, 4) is 0 Å². The Morgan fingerprint density at radius 2 is 2.04 bits per heavy atom. The summed E-state index contributed by atoms with van der Waals surface area (Å²) in [4.78, 5) is 29.6. The molecule has 2 aliphatic rings. The van der Waals surface area contributed by atoms with Crippen LogP contribution in [-0.4, -0.2) is 66.1 Å². The summed E-state index contributed by atoms with van der Waals surface area (Å²) in [5.74, 6) is 0.316. The number of carbonyl (C=O) groups is 2. The van der Waals surface area contributed by atoms with Gasteiger partial charge in [-0.2, -0.15) is 0 Å². The molecular formula is C22H29N3O3. The van der Waals surface area contributed by atoms with Gasteiger partial charge < -0.3 is 19.1 Å². The number of carbonyl (C=O) groups excluding carboxylic acids is 2. The largest absolute Gasteiger partial charge is 0.383 e. The first kappa shape index (κ1) is 19.0. The summed E-state index contributed by atoms with van der Waals surface area (Å²) in [7, 11) is 3.65. The zero-order chi connectivity index (χ0) is 19.7. The van der Waals surface area contributed by atoms with Gasteiger partial charge >= 0.3 is 0 Å². The summed E-state index contributed by atoms with van der Waals surface area (Å²) < 4.78 is 7.19. The van der Waals surface area contributed by atoms with Gasteiger partial charge in [-0.25, -0.2) is 0 Å². The minimum atomic E-state index is 0.0140. The smallest absolute Gasteiger partial charge is 0.256 e. The molecule has 1 aromatic heterocycles. The molecule has 1 aromatic carbocycles. The predicted molar refractivity (Wildman–Crippen MR) is 108 cm³/mol. The van der Waals surface area contributed by atoms with Crippen LogP contribution in [0.4, 0.5) is 0 Å². The van der Waals surface area contributed by atoms with E-state index >= 15 is 0 Å². The fraction of sp³-hybridized carbons (Fsp3) is 0.545. The van der Waals surface area contributed by atoms with Crippen molar-refractivity contribution in [1.29, 1.82) is 0 Å². The molecule has 2 amide bonds. The number of rotatable bonds is 4. The SMILES string of the molecule is COCCN1C[C@@]2(CCCN(C(=O)c3cn(C)c4ccccc34)C2)CCC1=O. The van der Waals surface area contributed by atoms with Crippen LogP contribution in [0, 0.1) is 5.41 Å². The molecule has 2 fully saturated rings. The number of ether oxygens (including phenoxy) is 1. The van der Waals surface area contributed by atoms with Crippen LogP contribution in [-0.2, 0) is 16.6 Å². The molecule has 6 nitrogen and oxygen atoms in total. The molecule has 0 N–H and O–H groups in total. The highest BCUT2D eigenvalue weighted by Gasteiger charge is 2.42. The van der Waals surface area contributed by atoms with Crippen LogP contribution in [0.25, 0.3) is 10.9 Å². The third-order valence-electron chi connectivity index (χ3n) is 6.39. The number of amides is 2. The molecule has 150 valence electrons. The summed E-state index contributed by atoms with van der Waals surface area (Å²) >= 11 is 0. The molecule has 2 aromatic rings. The van der Waals surface area contributed by atoms with Gasteiger partial charge in [-0.1, -0.05) is 18.2 Å². The van der Waals surface area contributed by atoms with Crippen LogP contribution in [0.5, 0.6) is 0 Å². The van der Waals surface area contributed by atoms with E-state index in [4.69, 9.17) is 4.74 Å². The fourth-order valence-corrected chi connectivity index (χ4v) is 4.90. The van der Waals surface area contributed by atoms with Crippen molar-refractivity contribution >= 4 is 22.7 Å². The number of piperidine rings is 2. The Bertz CT molecular complexity index is 890. The second-order valence-electron chi connectivity index (χ2n) is 8.31. The van der Waals surface area contributed by atoms with Crippen LogP contribution in [0.15, 0.2) is 30.5 Å². The highest BCUT2D eigenvalue weighted by Crippen LogP contribution is 2.39. The molecule has 2 saturated heterocycles. The molecule has 0 radical (unpaired) electrons. The Morgan fingerprint density at radius 1 is 1.21 bits per heavy atom. The number of methoxy groups -OCH3 is 1. The summed E-state index contributed by atoms with van der Waals surface area (Å²) in [5.41, 5.74) is 1.87. The highest BCUT2D eigenvalue weighted by atomic mass is 16.5. The number of fused-ring (bicyclic) bond motifs is 1. The average molecular weight is 383 g/mol. The van der Waals surface area contributed by atoms with E-state index in [1.54, 1.807) is 7.11 Å². The van der Waals surface area contributed by atoms with Gasteiger partial charge in [-0.15, -0.1) is 0 Å². The molecule has 4 rings (SSSR count). The molecule has 0 unspecified atom stereocenters. The van der Waals surface area contributed by atoms with Crippen molar-refractivity contribution in [3.05, 3.63) is 36.0 Å². The lowest BCUT2D eigenvalue weighted by atomic mass is 9.73. The van der Waals surface area contributed by atoms with Gasteiger partial charge in [-0.05, 0) is 25.3 Å². The number of aryl methyl sites for hydroxylation is 1. The van der Waals surface area contributed by atoms with Gasteiger partial charge in [0.1, 0.15) is 0 Å². The van der Waals surface area contributed by atoms with Gasteiger partial charge in [0.2, 0.25) is 5.91 Å². The van der Waals surface area contributed by atoms with E-state index in [1.807, 2.05) is 51.9 Å². The molecule has 2 aliphatic heterocycles. The zero-order valence-corrected chi connectivity index (χ0v) is 16.8. The maximum atomic E-state index is 13.4. The minimum Gasteiger partial charge on any atom is -0.383 e. The number of likely N-dealkylation sites (tertiary alicyclic amines) is 2. The first-order valence-corrected chi connectivity index (χ1v) is 10.1. The van der Waals surface area contributed by atoms with Crippen molar-refractivity contribution < 1.29 is 14.3 Å². The van der Waals surface area contributed by atoms with Gasteiger partial charge in [-0.3, -0.25) is 9.59 Å². The summed E-state index contributed by atoms with van der Waals surface area (Å²) in [6, 6.07) is 8.05. The summed E-state index contributed by atoms with van der Waals surface area (Å²) in [6.07, 6.45) is 5.45. The normalized spacial score (nSPS) is 23.0. The van der Waals surface area contributed by atoms with E-state index in [2.05, 4.69) is 0 Å². The standard InChI is InChI=1S/C22H29N3O3/c1-23-14-18(17-6-3-4-7-19(17)23)21(27)25-11-5-9-22(16-25)10-8-20(26)24(15-22)12-13-28-2/h3-4,6-7,14H,5,8-13,15-16H2,1-2H3/t22-/m1/s1. The van der Waals surface area contributed by atoms with Gasteiger partial charge in [0.25, 0.3) is 5.91 Å². The Morgan fingerprint density at radius 3 is 2.86 bits per heavy atom.